The fraction of sp³-hybridized carbons (Fsp3) is 0.545. The summed E-state index contributed by atoms with van der Waals surface area (Å²) in [4.78, 5) is 13.8. The Morgan fingerprint density at radius 2 is 2.06 bits per heavy atom. The Kier molecular flexibility index (Phi) is 3.03. The Labute approximate surface area is 94.6 Å². The van der Waals surface area contributed by atoms with Gasteiger partial charge in [-0.05, 0) is 30.9 Å². The molecule has 1 aromatic rings. The van der Waals surface area contributed by atoms with Gasteiger partial charge in [0.05, 0.1) is 0 Å². The first kappa shape index (κ1) is 10.9. The van der Waals surface area contributed by atoms with E-state index >= 15 is 0 Å². The molecule has 86 valence electrons. The average Bonchev–Trinajstić information content (AvgIpc) is 2.30. The Hall–Kier alpha value is -1.65. The second kappa shape index (κ2) is 4.47. The number of hydrogen-bond acceptors (Lipinski definition) is 4. The summed E-state index contributed by atoms with van der Waals surface area (Å²) >= 11 is 0. The van der Waals surface area contributed by atoms with E-state index < -0.39 is 0 Å². The van der Waals surface area contributed by atoms with Crippen LogP contribution in [0.3, 0.4) is 0 Å². The molecule has 2 N–H and O–H groups in total. The van der Waals surface area contributed by atoms with Crippen molar-refractivity contribution in [1.82, 2.24) is 15.1 Å². The van der Waals surface area contributed by atoms with Crippen molar-refractivity contribution in [3.8, 4) is 0 Å². The van der Waals surface area contributed by atoms with Crippen LogP contribution in [-0.4, -0.2) is 34.1 Å². The lowest BCUT2D eigenvalue weighted by Crippen LogP contribution is -2.38. The number of nitrogens with two attached hydrogens (primary N) is 1. The zero-order valence-electron chi connectivity index (χ0n) is 9.39. The minimum absolute atomic E-state index is 0.0422. The molecule has 1 aliphatic heterocycles. The summed E-state index contributed by atoms with van der Waals surface area (Å²) in [6.07, 6.45) is 2.13. The van der Waals surface area contributed by atoms with E-state index in [4.69, 9.17) is 5.73 Å². The van der Waals surface area contributed by atoms with E-state index in [1.807, 2.05) is 4.90 Å². The van der Waals surface area contributed by atoms with Gasteiger partial charge in [0.15, 0.2) is 5.69 Å². The SMILES string of the molecule is CC1CCN(C(=O)c2ccc(N)nn2)CC1. The first-order valence-electron chi connectivity index (χ1n) is 5.55. The van der Waals surface area contributed by atoms with Gasteiger partial charge in [-0.2, -0.15) is 0 Å². The number of nitrogen functional groups attached to an aromatic ring is 1. The van der Waals surface area contributed by atoms with Gasteiger partial charge in [-0.25, -0.2) is 0 Å². The van der Waals surface area contributed by atoms with Crippen molar-refractivity contribution in [2.45, 2.75) is 19.8 Å². The number of piperidine rings is 1. The largest absolute Gasteiger partial charge is 0.382 e. The third kappa shape index (κ3) is 2.29. The van der Waals surface area contributed by atoms with Crippen molar-refractivity contribution in [3.63, 3.8) is 0 Å². The molecule has 0 radical (unpaired) electrons. The van der Waals surface area contributed by atoms with Crippen molar-refractivity contribution in [3.05, 3.63) is 17.8 Å². The lowest BCUT2D eigenvalue weighted by molar-refractivity contribution is 0.0690. The van der Waals surface area contributed by atoms with Crippen LogP contribution in [0.15, 0.2) is 12.1 Å². The quantitative estimate of drug-likeness (QED) is 0.764. The highest BCUT2D eigenvalue weighted by atomic mass is 16.2. The van der Waals surface area contributed by atoms with E-state index in [-0.39, 0.29) is 5.91 Å². The van der Waals surface area contributed by atoms with Gasteiger partial charge in [-0.15, -0.1) is 10.2 Å². The summed E-state index contributed by atoms with van der Waals surface area (Å²) < 4.78 is 0. The van der Waals surface area contributed by atoms with Crippen LogP contribution in [-0.2, 0) is 0 Å². The molecule has 1 amide bonds. The Morgan fingerprint density at radius 3 is 2.62 bits per heavy atom. The van der Waals surface area contributed by atoms with Crippen molar-refractivity contribution in [2.24, 2.45) is 5.92 Å². The Balaban J connectivity index is 2.05. The minimum Gasteiger partial charge on any atom is -0.382 e. The first-order chi connectivity index (χ1) is 7.66. The predicted molar refractivity (Wildman–Crippen MR) is 60.7 cm³/mol. The highest BCUT2D eigenvalue weighted by molar-refractivity contribution is 5.92. The summed E-state index contributed by atoms with van der Waals surface area (Å²) in [5.74, 6) is 1.00. The summed E-state index contributed by atoms with van der Waals surface area (Å²) in [7, 11) is 0. The van der Waals surface area contributed by atoms with Gasteiger partial charge in [-0.1, -0.05) is 6.92 Å². The van der Waals surface area contributed by atoms with E-state index in [2.05, 4.69) is 17.1 Å². The summed E-state index contributed by atoms with van der Waals surface area (Å²) in [6.45, 7) is 3.84. The smallest absolute Gasteiger partial charge is 0.274 e. The second-order valence-corrected chi connectivity index (χ2v) is 4.32. The summed E-state index contributed by atoms with van der Waals surface area (Å²) in [5.41, 5.74) is 5.80. The average molecular weight is 220 g/mol. The van der Waals surface area contributed by atoms with Crippen LogP contribution in [0.4, 0.5) is 5.82 Å². The van der Waals surface area contributed by atoms with E-state index in [0.29, 0.717) is 17.4 Å². The molecule has 0 bridgehead atoms. The zero-order valence-corrected chi connectivity index (χ0v) is 9.39. The number of likely N-dealkylation sites (tertiary alicyclic amines) is 1. The molecule has 2 rings (SSSR count). The van der Waals surface area contributed by atoms with Crippen LogP contribution in [0.1, 0.15) is 30.3 Å². The molecule has 1 saturated heterocycles. The Bertz CT molecular complexity index is 368. The number of nitrogens with zero attached hydrogens (tertiary/aromatic N) is 3. The second-order valence-electron chi connectivity index (χ2n) is 4.32. The van der Waals surface area contributed by atoms with Gasteiger partial charge in [0.2, 0.25) is 0 Å². The summed E-state index contributed by atoms with van der Waals surface area (Å²) in [5, 5.41) is 7.50. The van der Waals surface area contributed by atoms with E-state index in [1.54, 1.807) is 12.1 Å². The third-order valence-corrected chi connectivity index (χ3v) is 2.98. The van der Waals surface area contributed by atoms with Crippen LogP contribution in [0.5, 0.6) is 0 Å². The minimum atomic E-state index is -0.0422. The monoisotopic (exact) mass is 220 g/mol. The van der Waals surface area contributed by atoms with Crippen LogP contribution in [0, 0.1) is 5.92 Å². The van der Waals surface area contributed by atoms with Crippen LogP contribution < -0.4 is 5.73 Å². The fourth-order valence-corrected chi connectivity index (χ4v) is 1.83. The standard InChI is InChI=1S/C11H16N4O/c1-8-4-6-15(7-5-8)11(16)9-2-3-10(12)14-13-9/h2-3,8H,4-7H2,1H3,(H2,12,14). The molecule has 0 aromatic carbocycles. The molecule has 0 spiro atoms. The molecule has 5 heteroatoms. The number of anilines is 1. The van der Waals surface area contributed by atoms with Gasteiger partial charge in [0.25, 0.3) is 5.91 Å². The maximum Gasteiger partial charge on any atom is 0.274 e. The Morgan fingerprint density at radius 1 is 1.38 bits per heavy atom. The maximum absolute atomic E-state index is 12.0. The van der Waals surface area contributed by atoms with E-state index in [0.717, 1.165) is 25.9 Å². The molecule has 0 unspecified atom stereocenters. The fourth-order valence-electron chi connectivity index (χ4n) is 1.83. The van der Waals surface area contributed by atoms with Crippen molar-refractivity contribution >= 4 is 11.7 Å². The number of carbonyl (C=O) groups excluding carboxylic acids is 1. The maximum atomic E-state index is 12.0. The number of rotatable bonds is 1. The molecular formula is C11H16N4O. The lowest BCUT2D eigenvalue weighted by Gasteiger charge is -2.29. The number of amides is 1. The van der Waals surface area contributed by atoms with Crippen LogP contribution in [0.2, 0.25) is 0 Å². The van der Waals surface area contributed by atoms with Crippen LogP contribution in [0.25, 0.3) is 0 Å². The number of carbonyl (C=O) groups is 1. The highest BCUT2D eigenvalue weighted by Gasteiger charge is 2.22. The number of aromatic nitrogens is 2. The van der Waals surface area contributed by atoms with E-state index in [9.17, 15) is 4.79 Å². The van der Waals surface area contributed by atoms with Crippen LogP contribution >= 0.6 is 0 Å². The van der Waals surface area contributed by atoms with Gasteiger partial charge in [0.1, 0.15) is 5.82 Å². The lowest BCUT2D eigenvalue weighted by atomic mass is 9.99. The normalized spacial score (nSPS) is 17.4. The molecule has 16 heavy (non-hydrogen) atoms. The van der Waals surface area contributed by atoms with Gasteiger partial charge >= 0.3 is 0 Å². The van der Waals surface area contributed by atoms with Gasteiger partial charge in [-0.3, -0.25) is 4.79 Å². The van der Waals surface area contributed by atoms with E-state index in [1.165, 1.54) is 0 Å². The van der Waals surface area contributed by atoms with Gasteiger partial charge < -0.3 is 10.6 Å². The molecule has 0 saturated carbocycles. The molecule has 0 atom stereocenters. The summed E-state index contributed by atoms with van der Waals surface area (Å²) in [6, 6.07) is 3.23. The van der Waals surface area contributed by atoms with Crippen molar-refractivity contribution in [1.29, 1.82) is 0 Å². The molecular weight excluding hydrogens is 204 g/mol. The molecule has 2 heterocycles. The molecule has 1 fully saturated rings. The van der Waals surface area contributed by atoms with Crippen molar-refractivity contribution < 1.29 is 4.79 Å². The molecule has 5 nitrogen and oxygen atoms in total. The predicted octanol–water partition coefficient (Wildman–Crippen LogP) is 0.931. The van der Waals surface area contributed by atoms with Crippen molar-refractivity contribution in [2.75, 3.05) is 18.8 Å². The molecule has 1 aromatic heterocycles. The van der Waals surface area contributed by atoms with Gasteiger partial charge in [0, 0.05) is 13.1 Å². The molecule has 0 aliphatic carbocycles. The highest BCUT2D eigenvalue weighted by Crippen LogP contribution is 2.17. The first-order valence-corrected chi connectivity index (χ1v) is 5.55. The number of hydrogen-bond donors (Lipinski definition) is 1. The zero-order chi connectivity index (χ0) is 11.5. The topological polar surface area (TPSA) is 72.1 Å². The molecule has 1 aliphatic rings. The third-order valence-electron chi connectivity index (χ3n) is 2.98.